The normalized spacial score (nSPS) is 12.7. The molecule has 9 heteroatoms. The molecule has 0 fully saturated rings. The number of benzene rings is 1. The lowest BCUT2D eigenvalue weighted by Gasteiger charge is -2.13. The van der Waals surface area contributed by atoms with Crippen LogP contribution in [0.5, 0.6) is 5.75 Å². The zero-order valence-electron chi connectivity index (χ0n) is 19.2. The molecule has 0 bridgehead atoms. The summed E-state index contributed by atoms with van der Waals surface area (Å²) < 4.78 is 0. The maximum Gasteiger partial charge on any atom is 0.274 e. The fourth-order valence-corrected chi connectivity index (χ4v) is 5.55. The number of hydrogen-bond acceptors (Lipinski definition) is 6. The molecule has 0 saturated carbocycles. The Morgan fingerprint density at radius 2 is 2.00 bits per heavy atom. The van der Waals surface area contributed by atoms with Gasteiger partial charge in [-0.1, -0.05) is 17.7 Å². The number of aromatic hydroxyl groups is 1. The number of pyridine rings is 1. The molecule has 0 radical (unpaired) electrons. The predicted molar refractivity (Wildman–Crippen MR) is 135 cm³/mol. The number of aromatic nitrogens is 3. The van der Waals surface area contributed by atoms with Crippen molar-refractivity contribution in [1.29, 1.82) is 0 Å². The number of carbonyl (C=O) groups is 2. The number of phenolic OH excluding ortho intramolecular Hbond substituents is 1. The zero-order chi connectivity index (χ0) is 24.4. The Balaban J connectivity index is 1.39. The summed E-state index contributed by atoms with van der Waals surface area (Å²) in [6.07, 6.45) is 7.21. The van der Waals surface area contributed by atoms with Crippen molar-refractivity contribution in [2.45, 2.75) is 39.2 Å². The Morgan fingerprint density at radius 3 is 2.83 bits per heavy atom. The summed E-state index contributed by atoms with van der Waals surface area (Å²) in [5.74, 6) is -0.512. The SMILES string of the molecule is Cc1ccc(O)c(-c2cc(C(=O)Nc3sc4c(c3C(=O)NCc3cccnc3)CCCC4)[nH]n2)c1. The number of phenols is 1. The minimum atomic E-state index is -0.393. The number of rotatable bonds is 6. The average Bonchev–Trinajstić information content (AvgIpc) is 3.50. The number of H-pyrrole nitrogens is 1. The Kier molecular flexibility index (Phi) is 6.33. The Morgan fingerprint density at radius 1 is 1.14 bits per heavy atom. The van der Waals surface area contributed by atoms with Gasteiger partial charge in [0.1, 0.15) is 16.4 Å². The van der Waals surface area contributed by atoms with Crippen LogP contribution in [-0.2, 0) is 19.4 Å². The van der Waals surface area contributed by atoms with E-state index in [1.54, 1.807) is 30.6 Å². The first kappa shape index (κ1) is 22.8. The molecule has 1 aromatic carbocycles. The van der Waals surface area contributed by atoms with E-state index in [2.05, 4.69) is 25.8 Å². The van der Waals surface area contributed by atoms with Gasteiger partial charge in [-0.05, 0) is 68.0 Å². The van der Waals surface area contributed by atoms with Crippen molar-refractivity contribution in [1.82, 2.24) is 20.5 Å². The molecule has 1 aliphatic carbocycles. The molecule has 178 valence electrons. The van der Waals surface area contributed by atoms with Gasteiger partial charge in [-0.25, -0.2) is 0 Å². The van der Waals surface area contributed by atoms with Gasteiger partial charge in [0.15, 0.2) is 0 Å². The van der Waals surface area contributed by atoms with Gasteiger partial charge in [0.05, 0.1) is 11.3 Å². The molecule has 3 aromatic heterocycles. The molecule has 0 aliphatic heterocycles. The molecule has 0 saturated heterocycles. The van der Waals surface area contributed by atoms with Crippen LogP contribution >= 0.6 is 11.3 Å². The van der Waals surface area contributed by atoms with Crippen LogP contribution in [0.2, 0.25) is 0 Å². The molecular weight excluding hydrogens is 462 g/mol. The first-order valence-electron chi connectivity index (χ1n) is 11.5. The number of aromatic amines is 1. The third-order valence-electron chi connectivity index (χ3n) is 6.05. The number of thiophene rings is 1. The highest BCUT2D eigenvalue weighted by molar-refractivity contribution is 7.17. The second kappa shape index (κ2) is 9.71. The van der Waals surface area contributed by atoms with Crippen molar-refractivity contribution in [2.75, 3.05) is 5.32 Å². The lowest BCUT2D eigenvalue weighted by molar-refractivity contribution is 0.0951. The average molecular weight is 488 g/mol. The van der Waals surface area contributed by atoms with Gasteiger partial charge in [0.25, 0.3) is 11.8 Å². The molecule has 4 N–H and O–H groups in total. The van der Waals surface area contributed by atoms with Crippen LogP contribution in [0.25, 0.3) is 11.3 Å². The van der Waals surface area contributed by atoms with Crippen molar-refractivity contribution >= 4 is 28.2 Å². The van der Waals surface area contributed by atoms with Crippen molar-refractivity contribution < 1.29 is 14.7 Å². The van der Waals surface area contributed by atoms with Crippen LogP contribution in [0.1, 0.15) is 55.3 Å². The van der Waals surface area contributed by atoms with Crippen molar-refractivity contribution in [2.24, 2.45) is 0 Å². The highest BCUT2D eigenvalue weighted by atomic mass is 32.1. The summed E-state index contributed by atoms with van der Waals surface area (Å²) in [5, 5.41) is 23.6. The smallest absolute Gasteiger partial charge is 0.274 e. The second-order valence-corrected chi connectivity index (χ2v) is 9.71. The number of anilines is 1. The number of nitrogens with one attached hydrogen (secondary N) is 3. The van der Waals surface area contributed by atoms with E-state index in [1.165, 1.54) is 11.3 Å². The molecule has 0 spiro atoms. The molecule has 0 unspecified atom stereocenters. The maximum atomic E-state index is 13.2. The number of nitrogens with zero attached hydrogens (tertiary/aromatic N) is 2. The Hall–Kier alpha value is -3.98. The molecule has 0 atom stereocenters. The minimum absolute atomic E-state index is 0.0903. The van der Waals surface area contributed by atoms with Gasteiger partial charge in [-0.3, -0.25) is 19.7 Å². The van der Waals surface area contributed by atoms with Gasteiger partial charge in [-0.15, -0.1) is 11.3 Å². The summed E-state index contributed by atoms with van der Waals surface area (Å²) in [5.41, 5.74) is 4.69. The lowest BCUT2D eigenvalue weighted by Crippen LogP contribution is -2.25. The highest BCUT2D eigenvalue weighted by Gasteiger charge is 2.27. The molecule has 1 aliphatic rings. The maximum absolute atomic E-state index is 13.2. The van der Waals surface area contributed by atoms with E-state index in [4.69, 9.17) is 0 Å². The van der Waals surface area contributed by atoms with Gasteiger partial charge in [-0.2, -0.15) is 5.10 Å². The molecule has 35 heavy (non-hydrogen) atoms. The summed E-state index contributed by atoms with van der Waals surface area (Å²) in [6, 6.07) is 10.5. The van der Waals surface area contributed by atoms with Crippen LogP contribution in [0.15, 0.2) is 48.8 Å². The molecule has 3 heterocycles. The van der Waals surface area contributed by atoms with Crippen molar-refractivity contribution in [3.63, 3.8) is 0 Å². The van der Waals surface area contributed by atoms with E-state index in [9.17, 15) is 14.7 Å². The first-order valence-corrected chi connectivity index (χ1v) is 12.3. The monoisotopic (exact) mass is 487 g/mol. The van der Waals surface area contributed by atoms with Gasteiger partial charge in [0.2, 0.25) is 0 Å². The van der Waals surface area contributed by atoms with Gasteiger partial charge in [0, 0.05) is 29.4 Å². The summed E-state index contributed by atoms with van der Waals surface area (Å²) in [4.78, 5) is 31.6. The largest absolute Gasteiger partial charge is 0.507 e. The topological polar surface area (TPSA) is 120 Å². The molecule has 4 aromatic rings. The van der Waals surface area contributed by atoms with Crippen LogP contribution in [0.3, 0.4) is 0 Å². The number of hydrogen-bond donors (Lipinski definition) is 4. The van der Waals surface area contributed by atoms with Crippen molar-refractivity contribution in [3.05, 3.63) is 81.6 Å². The van der Waals surface area contributed by atoms with E-state index in [0.29, 0.717) is 28.4 Å². The summed E-state index contributed by atoms with van der Waals surface area (Å²) in [6.45, 7) is 2.28. The van der Waals surface area contributed by atoms with Crippen LogP contribution in [-0.4, -0.2) is 32.1 Å². The van der Waals surface area contributed by atoms with E-state index >= 15 is 0 Å². The molecule has 2 amide bonds. The van der Waals surface area contributed by atoms with E-state index in [1.807, 2.05) is 25.1 Å². The summed E-state index contributed by atoms with van der Waals surface area (Å²) in [7, 11) is 0. The standard InChI is InChI=1S/C26H25N5O3S/c1-15-8-9-21(32)18(11-15)19-12-20(31-30-19)24(33)29-26-23(17-6-2-3-7-22(17)35-26)25(34)28-14-16-5-4-10-27-13-16/h4-5,8-13,32H,2-3,6-7,14H2,1H3,(H,28,34)(H,29,33)(H,30,31). The quantitative estimate of drug-likeness (QED) is 0.317. The van der Waals surface area contributed by atoms with E-state index < -0.39 is 5.91 Å². The number of carbonyl (C=O) groups excluding carboxylic acids is 2. The Labute approximate surface area is 206 Å². The zero-order valence-corrected chi connectivity index (χ0v) is 20.0. The first-order chi connectivity index (χ1) is 17.0. The second-order valence-electron chi connectivity index (χ2n) is 8.60. The van der Waals surface area contributed by atoms with Crippen LogP contribution in [0.4, 0.5) is 5.00 Å². The molecule has 8 nitrogen and oxygen atoms in total. The fourth-order valence-electron chi connectivity index (χ4n) is 4.27. The lowest BCUT2D eigenvalue weighted by atomic mass is 9.95. The van der Waals surface area contributed by atoms with Crippen LogP contribution < -0.4 is 10.6 Å². The number of aryl methyl sites for hydroxylation is 2. The number of fused-ring (bicyclic) bond motifs is 1. The third-order valence-corrected chi connectivity index (χ3v) is 7.26. The minimum Gasteiger partial charge on any atom is -0.507 e. The van der Waals surface area contributed by atoms with E-state index in [0.717, 1.165) is 47.3 Å². The highest BCUT2D eigenvalue weighted by Crippen LogP contribution is 2.38. The summed E-state index contributed by atoms with van der Waals surface area (Å²) >= 11 is 1.46. The molecule has 5 rings (SSSR count). The van der Waals surface area contributed by atoms with Crippen LogP contribution in [0, 0.1) is 6.92 Å². The van der Waals surface area contributed by atoms with E-state index in [-0.39, 0.29) is 17.4 Å². The molecular formula is C26H25N5O3S. The fraction of sp³-hybridized carbons (Fsp3) is 0.231. The van der Waals surface area contributed by atoms with Gasteiger partial charge < -0.3 is 15.7 Å². The number of amides is 2. The third kappa shape index (κ3) is 4.81. The van der Waals surface area contributed by atoms with Crippen molar-refractivity contribution in [3.8, 4) is 17.0 Å². The van der Waals surface area contributed by atoms with Gasteiger partial charge >= 0.3 is 0 Å². The predicted octanol–water partition coefficient (Wildman–Crippen LogP) is 4.61. The Bertz CT molecular complexity index is 1390.